The first kappa shape index (κ1) is 10.7. The SMILES string of the molecule is Fc1c(Cl)c(C2=CCNCC2)cc2[nH]ncc12. The highest BCUT2D eigenvalue weighted by atomic mass is 35.5. The second kappa shape index (κ2) is 4.13. The Labute approximate surface area is 103 Å². The number of nitrogens with zero attached hydrogens (tertiary/aromatic N) is 1. The lowest BCUT2D eigenvalue weighted by Gasteiger charge is -2.15. The minimum atomic E-state index is -0.396. The predicted molar refractivity (Wildman–Crippen MR) is 66.5 cm³/mol. The van der Waals surface area contributed by atoms with Crippen molar-refractivity contribution < 1.29 is 4.39 Å². The Hall–Kier alpha value is -1.39. The molecule has 0 amide bonds. The molecule has 0 saturated heterocycles. The van der Waals surface area contributed by atoms with Crippen molar-refractivity contribution in [1.29, 1.82) is 0 Å². The standard InChI is InChI=1S/C12H11ClFN3/c13-11-8(7-1-3-15-4-2-7)5-10-9(12(11)14)6-16-17-10/h1,5-6,15H,2-4H2,(H,16,17). The first-order chi connectivity index (χ1) is 8.27. The molecule has 2 heterocycles. The molecule has 0 saturated carbocycles. The molecule has 17 heavy (non-hydrogen) atoms. The van der Waals surface area contributed by atoms with Gasteiger partial charge in [0.1, 0.15) is 0 Å². The van der Waals surface area contributed by atoms with Crippen LogP contribution in [0, 0.1) is 5.82 Å². The molecule has 0 radical (unpaired) electrons. The molecule has 1 aromatic heterocycles. The molecule has 0 bridgehead atoms. The maximum Gasteiger partial charge on any atom is 0.153 e. The van der Waals surface area contributed by atoms with E-state index in [4.69, 9.17) is 11.6 Å². The van der Waals surface area contributed by atoms with Crippen molar-refractivity contribution in [3.63, 3.8) is 0 Å². The second-order valence-corrected chi connectivity index (χ2v) is 4.44. The lowest BCUT2D eigenvalue weighted by molar-refractivity contribution is 0.639. The summed E-state index contributed by atoms with van der Waals surface area (Å²) in [6.45, 7) is 1.69. The van der Waals surface area contributed by atoms with Gasteiger partial charge in [0.2, 0.25) is 0 Å². The molecule has 0 atom stereocenters. The number of hydrogen-bond acceptors (Lipinski definition) is 2. The Bertz CT molecular complexity index is 603. The monoisotopic (exact) mass is 251 g/mol. The first-order valence-electron chi connectivity index (χ1n) is 5.48. The Morgan fingerprint density at radius 2 is 2.29 bits per heavy atom. The molecule has 88 valence electrons. The fraction of sp³-hybridized carbons (Fsp3) is 0.250. The van der Waals surface area contributed by atoms with Crippen LogP contribution in [0.5, 0.6) is 0 Å². The van der Waals surface area contributed by atoms with E-state index in [1.807, 2.05) is 12.1 Å². The molecule has 1 aliphatic rings. The minimum absolute atomic E-state index is 0.187. The van der Waals surface area contributed by atoms with Gasteiger partial charge in [-0.2, -0.15) is 5.10 Å². The van der Waals surface area contributed by atoms with Crippen LogP contribution in [0.3, 0.4) is 0 Å². The van der Waals surface area contributed by atoms with Crippen LogP contribution in [0.15, 0.2) is 18.3 Å². The third-order valence-electron chi connectivity index (χ3n) is 3.03. The zero-order valence-electron chi connectivity index (χ0n) is 9.06. The van der Waals surface area contributed by atoms with E-state index in [9.17, 15) is 4.39 Å². The number of halogens is 2. The van der Waals surface area contributed by atoms with E-state index in [-0.39, 0.29) is 5.02 Å². The van der Waals surface area contributed by atoms with Gasteiger partial charge in [0.15, 0.2) is 5.82 Å². The van der Waals surface area contributed by atoms with Crippen LogP contribution in [-0.4, -0.2) is 23.3 Å². The van der Waals surface area contributed by atoms with Crippen molar-refractivity contribution >= 4 is 28.1 Å². The second-order valence-electron chi connectivity index (χ2n) is 4.07. The van der Waals surface area contributed by atoms with E-state index in [1.54, 1.807) is 0 Å². The summed E-state index contributed by atoms with van der Waals surface area (Å²) in [5, 5.41) is 10.5. The van der Waals surface area contributed by atoms with Gasteiger partial charge >= 0.3 is 0 Å². The fourth-order valence-corrected chi connectivity index (χ4v) is 2.40. The smallest absolute Gasteiger partial charge is 0.153 e. The molecular formula is C12H11ClFN3. The summed E-state index contributed by atoms with van der Waals surface area (Å²) in [5.74, 6) is -0.396. The van der Waals surface area contributed by atoms with Crippen molar-refractivity contribution in [2.75, 3.05) is 13.1 Å². The minimum Gasteiger partial charge on any atom is -0.313 e. The highest BCUT2D eigenvalue weighted by Crippen LogP contribution is 2.33. The van der Waals surface area contributed by atoms with Crippen LogP contribution in [0.1, 0.15) is 12.0 Å². The van der Waals surface area contributed by atoms with E-state index < -0.39 is 5.82 Å². The number of rotatable bonds is 1. The molecule has 3 nitrogen and oxygen atoms in total. The van der Waals surface area contributed by atoms with Gasteiger partial charge in [0.25, 0.3) is 0 Å². The zero-order valence-corrected chi connectivity index (χ0v) is 9.81. The van der Waals surface area contributed by atoms with Gasteiger partial charge in [-0.1, -0.05) is 17.7 Å². The van der Waals surface area contributed by atoms with Crippen molar-refractivity contribution in [3.05, 3.63) is 34.7 Å². The molecule has 2 aromatic rings. The van der Waals surface area contributed by atoms with E-state index in [2.05, 4.69) is 15.5 Å². The van der Waals surface area contributed by atoms with Crippen LogP contribution in [0.25, 0.3) is 16.5 Å². The molecule has 0 aliphatic carbocycles. The van der Waals surface area contributed by atoms with E-state index in [0.717, 1.165) is 30.6 Å². The van der Waals surface area contributed by atoms with Gasteiger partial charge in [0, 0.05) is 12.1 Å². The molecule has 0 unspecified atom stereocenters. The molecule has 5 heteroatoms. The Balaban J connectivity index is 2.21. The van der Waals surface area contributed by atoms with Gasteiger partial charge in [-0.3, -0.25) is 5.10 Å². The number of H-pyrrole nitrogens is 1. The molecular weight excluding hydrogens is 241 g/mol. The zero-order chi connectivity index (χ0) is 11.8. The number of aromatic amines is 1. The highest BCUT2D eigenvalue weighted by molar-refractivity contribution is 6.33. The summed E-state index contributed by atoms with van der Waals surface area (Å²) < 4.78 is 14.0. The van der Waals surface area contributed by atoms with Gasteiger partial charge in [-0.25, -0.2) is 4.39 Å². The summed E-state index contributed by atoms with van der Waals surface area (Å²) in [6.07, 6.45) is 4.36. The summed E-state index contributed by atoms with van der Waals surface area (Å²) >= 11 is 6.08. The predicted octanol–water partition coefficient (Wildman–Crippen LogP) is 2.73. The third kappa shape index (κ3) is 1.73. The van der Waals surface area contributed by atoms with Crippen molar-refractivity contribution in [2.45, 2.75) is 6.42 Å². The third-order valence-corrected chi connectivity index (χ3v) is 3.40. The van der Waals surface area contributed by atoms with Crippen LogP contribution in [-0.2, 0) is 0 Å². The van der Waals surface area contributed by atoms with Gasteiger partial charge in [-0.15, -0.1) is 0 Å². The van der Waals surface area contributed by atoms with Crippen molar-refractivity contribution in [3.8, 4) is 0 Å². The van der Waals surface area contributed by atoms with Gasteiger partial charge < -0.3 is 5.32 Å². The van der Waals surface area contributed by atoms with Crippen molar-refractivity contribution in [1.82, 2.24) is 15.5 Å². The maximum atomic E-state index is 14.0. The topological polar surface area (TPSA) is 40.7 Å². The lowest BCUT2D eigenvalue weighted by Crippen LogP contribution is -2.20. The Kier molecular flexibility index (Phi) is 2.61. The quantitative estimate of drug-likeness (QED) is 0.818. The first-order valence-corrected chi connectivity index (χ1v) is 5.86. The lowest BCUT2D eigenvalue weighted by atomic mass is 9.99. The fourth-order valence-electron chi connectivity index (χ4n) is 2.13. The largest absolute Gasteiger partial charge is 0.313 e. The van der Waals surface area contributed by atoms with E-state index in [1.165, 1.54) is 6.20 Å². The number of nitrogens with one attached hydrogen (secondary N) is 2. The Morgan fingerprint density at radius 3 is 3.06 bits per heavy atom. The Morgan fingerprint density at radius 1 is 1.41 bits per heavy atom. The maximum absolute atomic E-state index is 14.0. The number of aromatic nitrogens is 2. The van der Waals surface area contributed by atoms with Gasteiger partial charge in [0.05, 0.1) is 22.1 Å². The molecule has 1 aromatic carbocycles. The summed E-state index contributed by atoms with van der Waals surface area (Å²) in [7, 11) is 0. The number of fused-ring (bicyclic) bond motifs is 1. The number of hydrogen-bond donors (Lipinski definition) is 2. The van der Waals surface area contributed by atoms with Crippen molar-refractivity contribution in [2.24, 2.45) is 0 Å². The number of benzene rings is 1. The van der Waals surface area contributed by atoms with Crippen LogP contribution in [0.2, 0.25) is 5.02 Å². The molecule has 2 N–H and O–H groups in total. The summed E-state index contributed by atoms with van der Waals surface area (Å²) in [4.78, 5) is 0. The highest BCUT2D eigenvalue weighted by Gasteiger charge is 2.16. The molecule has 1 aliphatic heterocycles. The summed E-state index contributed by atoms with van der Waals surface area (Å²) in [5.41, 5.74) is 2.54. The normalized spacial score (nSPS) is 16.2. The molecule has 3 rings (SSSR count). The summed E-state index contributed by atoms with van der Waals surface area (Å²) in [6, 6.07) is 1.87. The molecule has 0 fully saturated rings. The van der Waals surface area contributed by atoms with Gasteiger partial charge in [-0.05, 0) is 24.6 Å². The van der Waals surface area contributed by atoms with E-state index in [0.29, 0.717) is 10.9 Å². The van der Waals surface area contributed by atoms with Crippen LogP contribution >= 0.6 is 11.6 Å². The average molecular weight is 252 g/mol. The van der Waals surface area contributed by atoms with Crippen LogP contribution in [0.4, 0.5) is 4.39 Å². The molecule has 0 spiro atoms. The van der Waals surface area contributed by atoms with E-state index >= 15 is 0 Å². The average Bonchev–Trinajstić information content (AvgIpc) is 2.83. The van der Waals surface area contributed by atoms with Crippen LogP contribution < -0.4 is 5.32 Å².